The van der Waals surface area contributed by atoms with Crippen molar-refractivity contribution in [2.24, 2.45) is 0 Å². The Morgan fingerprint density at radius 1 is 0.237 bits per heavy atom. The molecule has 2 nitrogen and oxygen atoms in total. The molecule has 0 bridgehead atoms. The summed E-state index contributed by atoms with van der Waals surface area (Å²) in [6.45, 7) is 0. The molecule has 0 fully saturated rings. The van der Waals surface area contributed by atoms with Gasteiger partial charge in [-0.25, -0.2) is 0 Å². The molecule has 0 amide bonds. The molecule has 0 saturated heterocycles. The fraction of sp³-hybridized carbons (Fsp3) is 0. The van der Waals surface area contributed by atoms with E-state index < -0.39 is 0 Å². The highest BCUT2D eigenvalue weighted by atomic mass is 35.5. The molecule has 0 aromatic heterocycles. The zero-order valence-electron chi connectivity index (χ0n) is 31.9. The number of hydrogen-bond donors (Lipinski definition) is 0. The second-order valence-corrected chi connectivity index (χ2v) is 15.5. The normalized spacial score (nSPS) is 11.0. The third kappa shape index (κ3) is 8.26. The van der Waals surface area contributed by atoms with Gasteiger partial charge in [0.15, 0.2) is 0 Å². The van der Waals surface area contributed by atoms with E-state index in [1.807, 2.05) is 54.6 Å². The van der Waals surface area contributed by atoms with Crippen molar-refractivity contribution in [2.45, 2.75) is 0 Å². The molecule has 9 aromatic carbocycles. The van der Waals surface area contributed by atoms with Gasteiger partial charge in [0, 0.05) is 27.8 Å². The first-order valence-corrected chi connectivity index (χ1v) is 20.5. The van der Waals surface area contributed by atoms with Gasteiger partial charge >= 0.3 is 0 Å². The van der Waals surface area contributed by atoms with E-state index in [1.54, 1.807) is 0 Å². The van der Waals surface area contributed by atoms with Crippen LogP contribution in [0.4, 0.5) is 34.1 Å². The van der Waals surface area contributed by atoms with Gasteiger partial charge in [0.25, 0.3) is 0 Å². The Bertz CT molecular complexity index is 2740. The third-order valence-corrected chi connectivity index (χ3v) is 11.3. The molecule has 0 atom stereocenters. The summed E-state index contributed by atoms with van der Waals surface area (Å²) in [7, 11) is 0. The van der Waals surface area contributed by atoms with Gasteiger partial charge in [-0.15, -0.1) is 0 Å². The second-order valence-electron chi connectivity index (χ2n) is 14.2. The van der Waals surface area contributed by atoms with Gasteiger partial charge in [-0.3, -0.25) is 0 Å². The van der Waals surface area contributed by atoms with Crippen LogP contribution in [0.5, 0.6) is 0 Å². The largest absolute Gasteiger partial charge is 0.309 e. The minimum atomic E-state index is 0.591. The van der Waals surface area contributed by atoms with Crippen LogP contribution in [0.2, 0.25) is 15.1 Å². The summed E-state index contributed by atoms with van der Waals surface area (Å²) in [5, 5.41) is 1.85. The van der Waals surface area contributed by atoms with Crippen molar-refractivity contribution < 1.29 is 0 Å². The molecule has 0 aliphatic carbocycles. The van der Waals surface area contributed by atoms with Crippen LogP contribution in [0.25, 0.3) is 44.5 Å². The lowest BCUT2D eigenvalue weighted by atomic mass is 10.0. The van der Waals surface area contributed by atoms with Crippen LogP contribution in [0.15, 0.2) is 224 Å². The quantitative estimate of drug-likeness (QED) is 0.136. The third-order valence-electron chi connectivity index (χ3n) is 10.5. The maximum Gasteiger partial charge on any atom is 0.0652 e. The molecule has 9 rings (SSSR count). The summed E-state index contributed by atoms with van der Waals surface area (Å²) in [6, 6.07) is 77.1. The van der Waals surface area contributed by atoms with E-state index in [-0.39, 0.29) is 0 Å². The molecule has 0 heterocycles. The van der Waals surface area contributed by atoms with E-state index in [2.05, 4.69) is 180 Å². The van der Waals surface area contributed by atoms with Gasteiger partial charge in [0.2, 0.25) is 0 Å². The van der Waals surface area contributed by atoms with Crippen molar-refractivity contribution in [3.05, 3.63) is 240 Å². The van der Waals surface area contributed by atoms with Crippen molar-refractivity contribution in [2.75, 3.05) is 9.80 Å². The first kappa shape index (κ1) is 38.0. The van der Waals surface area contributed by atoms with E-state index in [4.69, 9.17) is 34.8 Å². The first-order valence-electron chi connectivity index (χ1n) is 19.4. The van der Waals surface area contributed by atoms with E-state index in [0.717, 1.165) is 67.5 Å². The predicted octanol–water partition coefficient (Wildman–Crippen LogP) is 17.3. The Kier molecular flexibility index (Phi) is 11.0. The topological polar surface area (TPSA) is 6.48 Å². The summed E-state index contributed by atoms with van der Waals surface area (Å²) in [5.41, 5.74) is 14.4. The molecule has 0 aliphatic heterocycles. The molecule has 5 heteroatoms. The van der Waals surface area contributed by atoms with Crippen LogP contribution < -0.4 is 9.80 Å². The average molecular weight is 820 g/mol. The van der Waals surface area contributed by atoms with E-state index >= 15 is 0 Å². The first-order chi connectivity index (χ1) is 29.0. The van der Waals surface area contributed by atoms with E-state index in [0.29, 0.717) is 15.1 Å². The lowest BCUT2D eigenvalue weighted by Crippen LogP contribution is -2.11. The van der Waals surface area contributed by atoms with Crippen LogP contribution in [-0.2, 0) is 0 Å². The summed E-state index contributed by atoms with van der Waals surface area (Å²) in [4.78, 5) is 4.34. The van der Waals surface area contributed by atoms with Gasteiger partial charge in [0.05, 0.1) is 21.4 Å². The van der Waals surface area contributed by atoms with Gasteiger partial charge in [-0.05, 0) is 123 Å². The van der Waals surface area contributed by atoms with Crippen LogP contribution in [-0.4, -0.2) is 0 Å². The van der Waals surface area contributed by atoms with Crippen LogP contribution >= 0.6 is 34.8 Å². The molecule has 59 heavy (non-hydrogen) atoms. The van der Waals surface area contributed by atoms with Crippen molar-refractivity contribution in [3.8, 4) is 44.5 Å². The Labute approximate surface area is 360 Å². The zero-order chi connectivity index (χ0) is 40.1. The maximum atomic E-state index is 7.29. The van der Waals surface area contributed by atoms with Crippen LogP contribution in [0, 0.1) is 0 Å². The Morgan fingerprint density at radius 2 is 0.559 bits per heavy atom. The second kappa shape index (κ2) is 17.1. The van der Waals surface area contributed by atoms with Crippen molar-refractivity contribution in [3.63, 3.8) is 0 Å². The average Bonchev–Trinajstić information content (AvgIpc) is 3.29. The minimum Gasteiger partial charge on any atom is -0.309 e. The molecular weight excluding hydrogens is 783 g/mol. The lowest BCUT2D eigenvalue weighted by Gasteiger charge is -2.28. The highest BCUT2D eigenvalue weighted by molar-refractivity contribution is 6.35. The highest BCUT2D eigenvalue weighted by Crippen LogP contribution is 2.44. The van der Waals surface area contributed by atoms with Gasteiger partial charge in [-0.1, -0.05) is 180 Å². The molecule has 0 spiro atoms. The maximum absolute atomic E-state index is 7.29. The SMILES string of the molecule is Clc1cccc(N(c2ccc(-c3ccccc3)cc2)c2ccc(-c3ccc(N(c4ccc(-c5ccccc5)cc4)c4ccc(-c5ccccc5)cc4)c(Cl)c3)cc2Cl)c1. The number of hydrogen-bond acceptors (Lipinski definition) is 2. The van der Waals surface area contributed by atoms with Gasteiger partial charge in [-0.2, -0.15) is 0 Å². The van der Waals surface area contributed by atoms with E-state index in [1.165, 1.54) is 11.1 Å². The fourth-order valence-electron chi connectivity index (χ4n) is 7.51. The number of benzene rings is 9. The van der Waals surface area contributed by atoms with Crippen molar-refractivity contribution in [1.29, 1.82) is 0 Å². The molecule has 0 unspecified atom stereocenters. The Hall–Kier alpha value is -6.55. The molecular formula is C54H37Cl3N2. The molecule has 284 valence electrons. The number of rotatable bonds is 10. The van der Waals surface area contributed by atoms with Gasteiger partial charge in [0.1, 0.15) is 0 Å². The summed E-state index contributed by atoms with van der Waals surface area (Å²) in [5.74, 6) is 0. The van der Waals surface area contributed by atoms with Crippen LogP contribution in [0.1, 0.15) is 0 Å². The summed E-state index contributed by atoms with van der Waals surface area (Å²) < 4.78 is 0. The minimum absolute atomic E-state index is 0.591. The lowest BCUT2D eigenvalue weighted by molar-refractivity contribution is 1.28. The van der Waals surface area contributed by atoms with Crippen molar-refractivity contribution in [1.82, 2.24) is 0 Å². The van der Waals surface area contributed by atoms with E-state index in [9.17, 15) is 0 Å². The number of halogens is 3. The predicted molar refractivity (Wildman–Crippen MR) is 253 cm³/mol. The molecule has 0 aliphatic rings. The van der Waals surface area contributed by atoms with Gasteiger partial charge < -0.3 is 9.80 Å². The number of anilines is 6. The standard InChI is InChI=1S/C54H37Cl3N2/c55-46-17-10-18-50(37-46)59(49-31-23-43(24-32-49)40-15-8-3-9-16-40)54-34-26-45(36-52(54)57)44-25-33-53(51(56)35-44)58(47-27-19-41(20-28-47)38-11-4-1-5-12-38)48-29-21-42(22-30-48)39-13-6-2-7-14-39/h1-37H. The Morgan fingerprint density at radius 3 is 0.898 bits per heavy atom. The fourth-order valence-corrected chi connectivity index (χ4v) is 8.22. The molecule has 9 aromatic rings. The highest BCUT2D eigenvalue weighted by Gasteiger charge is 2.20. The molecule has 0 saturated carbocycles. The Balaban J connectivity index is 1.06. The van der Waals surface area contributed by atoms with Crippen LogP contribution in [0.3, 0.4) is 0 Å². The zero-order valence-corrected chi connectivity index (χ0v) is 34.2. The monoisotopic (exact) mass is 818 g/mol. The number of nitrogens with zero attached hydrogens (tertiary/aromatic N) is 2. The molecule has 0 radical (unpaired) electrons. The smallest absolute Gasteiger partial charge is 0.0652 e. The van der Waals surface area contributed by atoms with Crippen molar-refractivity contribution >= 4 is 68.9 Å². The summed E-state index contributed by atoms with van der Waals surface area (Å²) >= 11 is 21.0. The molecule has 0 N–H and O–H groups in total. The summed E-state index contributed by atoms with van der Waals surface area (Å²) in [6.07, 6.45) is 0.